The Morgan fingerprint density at radius 2 is 1.73 bits per heavy atom. The molecule has 0 spiro atoms. The predicted octanol–water partition coefficient (Wildman–Crippen LogP) is 3.45. The number of anilines is 2. The average Bonchev–Trinajstić information content (AvgIpc) is 3.44. The van der Waals surface area contributed by atoms with Gasteiger partial charge in [0, 0.05) is 74.1 Å². The van der Waals surface area contributed by atoms with Crippen molar-refractivity contribution in [2.24, 2.45) is 0 Å². The number of carbonyl (C=O) groups excluding carboxylic acids is 2. The van der Waals surface area contributed by atoms with Crippen molar-refractivity contribution < 1.29 is 46.0 Å². The largest absolute Gasteiger partial charge is 0.483 e. The number of carboxylic acid groups (broad SMARTS) is 1. The number of hydrogen-bond donors (Lipinski definition) is 3. The summed E-state index contributed by atoms with van der Waals surface area (Å²) in [5.41, 5.74) is 0.509. The molecule has 2 atom stereocenters. The zero-order chi connectivity index (χ0) is 37.4. The highest BCUT2D eigenvalue weighted by Gasteiger charge is 2.32. The van der Waals surface area contributed by atoms with Crippen LogP contribution in [0.25, 0.3) is 10.9 Å². The first-order valence-electron chi connectivity index (χ1n) is 16.5. The molecule has 21 heteroatoms. The third-order valence-corrected chi connectivity index (χ3v) is 10.8. The van der Waals surface area contributed by atoms with Gasteiger partial charge in [-0.05, 0) is 44.4 Å². The summed E-state index contributed by atoms with van der Waals surface area (Å²) in [7, 11) is -1.14. The van der Waals surface area contributed by atoms with Gasteiger partial charge in [0.15, 0.2) is 10.9 Å². The van der Waals surface area contributed by atoms with Crippen LogP contribution in [0.2, 0.25) is 5.15 Å². The van der Waals surface area contributed by atoms with E-state index in [2.05, 4.69) is 35.3 Å². The van der Waals surface area contributed by atoms with Gasteiger partial charge in [0.25, 0.3) is 18.8 Å². The van der Waals surface area contributed by atoms with Crippen LogP contribution in [-0.2, 0) is 25.4 Å². The van der Waals surface area contributed by atoms with Crippen molar-refractivity contribution in [1.82, 2.24) is 34.3 Å². The van der Waals surface area contributed by atoms with Gasteiger partial charge in [-0.2, -0.15) is 13.9 Å². The van der Waals surface area contributed by atoms with E-state index in [4.69, 9.17) is 21.5 Å². The van der Waals surface area contributed by atoms with Crippen LogP contribution in [0.3, 0.4) is 0 Å². The van der Waals surface area contributed by atoms with Crippen molar-refractivity contribution >= 4 is 63.4 Å². The Labute approximate surface area is 303 Å². The fraction of sp³-hybridized carbons (Fsp3) is 0.548. The van der Waals surface area contributed by atoms with E-state index in [0.717, 1.165) is 25.8 Å². The van der Waals surface area contributed by atoms with Crippen LogP contribution in [0.4, 0.5) is 29.2 Å². The monoisotopic (exact) mass is 775 g/mol. The molecule has 3 aliphatic heterocycles. The number of ether oxygens (including phenoxy) is 1. The summed E-state index contributed by atoms with van der Waals surface area (Å²) in [5, 5.41) is 17.2. The highest BCUT2D eigenvalue weighted by Crippen LogP contribution is 2.38. The molecule has 3 N–H and O–H groups in total. The quantitative estimate of drug-likeness (QED) is 0.139. The number of carbonyl (C=O) groups is 3. The first-order valence-corrected chi connectivity index (χ1v) is 18.2. The number of nitrogens with zero attached hydrogens (tertiary/aromatic N) is 7. The van der Waals surface area contributed by atoms with Gasteiger partial charge in [0.05, 0.1) is 28.9 Å². The molecule has 3 aromatic rings. The van der Waals surface area contributed by atoms with Crippen LogP contribution < -0.4 is 20.3 Å². The van der Waals surface area contributed by atoms with Gasteiger partial charge in [-0.25, -0.2) is 27.3 Å². The molecule has 0 aliphatic carbocycles. The Bertz CT molecular complexity index is 1720. The van der Waals surface area contributed by atoms with Crippen LogP contribution >= 0.6 is 11.6 Å². The van der Waals surface area contributed by atoms with Crippen molar-refractivity contribution in [1.29, 1.82) is 0 Å². The molecule has 3 aliphatic rings. The number of alkyl halides is 4. The highest BCUT2D eigenvalue weighted by molar-refractivity contribution is 7.82. The van der Waals surface area contributed by atoms with Crippen LogP contribution in [0.15, 0.2) is 24.5 Å². The number of hydrogen-bond acceptors (Lipinski definition) is 11. The smallest absolute Gasteiger partial charge is 0.387 e. The first kappa shape index (κ1) is 39.1. The molecular formula is C31H38ClF4N9O6S. The molecule has 2 unspecified atom stereocenters. The van der Waals surface area contributed by atoms with Gasteiger partial charge >= 0.3 is 6.61 Å². The molecule has 3 fully saturated rings. The summed E-state index contributed by atoms with van der Waals surface area (Å²) >= 11 is 6.43. The third kappa shape index (κ3) is 9.84. The van der Waals surface area contributed by atoms with E-state index >= 15 is 0 Å². The van der Waals surface area contributed by atoms with Gasteiger partial charge in [-0.1, -0.05) is 11.6 Å². The average molecular weight is 776 g/mol. The number of piperidine rings is 2. The minimum atomic E-state index is -2.94. The van der Waals surface area contributed by atoms with E-state index < -0.39 is 36.0 Å². The summed E-state index contributed by atoms with van der Waals surface area (Å²) in [4.78, 5) is 44.6. The van der Waals surface area contributed by atoms with Crippen LogP contribution in [0, 0.1) is 0 Å². The van der Waals surface area contributed by atoms with E-state index in [1.807, 2.05) is 9.21 Å². The zero-order valence-corrected chi connectivity index (χ0v) is 29.4. The summed E-state index contributed by atoms with van der Waals surface area (Å²) in [5.74, 6) is -0.218. The van der Waals surface area contributed by atoms with Crippen molar-refractivity contribution in [3.05, 3.63) is 35.2 Å². The van der Waals surface area contributed by atoms with E-state index in [-0.39, 0.29) is 47.7 Å². The fourth-order valence-electron chi connectivity index (χ4n) is 6.45. The lowest BCUT2D eigenvalue weighted by Gasteiger charge is -2.37. The standard InChI is InChI=1S/C30H36ClF4N9O4S.CH2O2/c31-26-20-14-23(21(27(32)33)15-24(20)44(40-26)22-2-3-25(45)39-28(22)46)42-11-9-41(10-12-42)6-1-13-49(47)43-7-4-18(5-8-43)38-30-36-16-19(17-37-30)48-29(34)35;2-1-3/h14-18,22,27,29H,1-13H2,(H,36,37,38)(H,39,45,46);1H,(H,2,3). The number of aromatic nitrogens is 4. The molecule has 6 rings (SSSR count). The molecule has 0 bridgehead atoms. The summed E-state index contributed by atoms with van der Waals surface area (Å²) in [6.07, 6.45) is 2.08. The number of benzene rings is 1. The number of piperazine rings is 1. The summed E-state index contributed by atoms with van der Waals surface area (Å²) in [6, 6.07) is 2.20. The number of nitrogens with one attached hydrogen (secondary N) is 2. The molecule has 2 amide bonds. The number of halogens is 5. The molecule has 0 radical (unpaired) electrons. The van der Waals surface area contributed by atoms with Crippen molar-refractivity contribution in [3.8, 4) is 5.75 Å². The maximum absolute atomic E-state index is 14.4. The summed E-state index contributed by atoms with van der Waals surface area (Å²) < 4.78 is 73.9. The predicted molar refractivity (Wildman–Crippen MR) is 183 cm³/mol. The maximum Gasteiger partial charge on any atom is 0.387 e. The second kappa shape index (κ2) is 18.1. The van der Waals surface area contributed by atoms with Crippen LogP contribution in [0.1, 0.15) is 50.1 Å². The normalized spacial score (nSPS) is 19.8. The van der Waals surface area contributed by atoms with Crippen molar-refractivity contribution in [2.45, 2.75) is 57.2 Å². The van der Waals surface area contributed by atoms with E-state index in [1.165, 1.54) is 23.1 Å². The Morgan fingerprint density at radius 3 is 2.35 bits per heavy atom. The zero-order valence-electron chi connectivity index (χ0n) is 27.8. The number of imide groups is 1. The SMILES string of the molecule is O=C1CCC(n2nc(Cl)c3cc(N4CCN(CCCS(=O)N5CCC(Nc6ncc(OC(F)F)cn6)CC5)CC4)c(C(F)F)cc32)C(=O)N1.O=CO. The Morgan fingerprint density at radius 1 is 1.06 bits per heavy atom. The molecule has 1 aromatic carbocycles. The molecular weight excluding hydrogens is 738 g/mol. The Hall–Kier alpha value is -4.14. The summed E-state index contributed by atoms with van der Waals surface area (Å²) in [6.45, 7) is 1.11. The Kier molecular flexibility index (Phi) is 13.6. The van der Waals surface area contributed by atoms with Gasteiger partial charge < -0.3 is 20.1 Å². The third-order valence-electron chi connectivity index (χ3n) is 8.98. The van der Waals surface area contributed by atoms with Crippen molar-refractivity contribution in [3.63, 3.8) is 0 Å². The number of fused-ring (bicyclic) bond motifs is 1. The van der Waals surface area contributed by atoms with Gasteiger partial charge in [-0.3, -0.25) is 29.3 Å². The van der Waals surface area contributed by atoms with Crippen LogP contribution in [0.5, 0.6) is 5.75 Å². The molecule has 15 nitrogen and oxygen atoms in total. The van der Waals surface area contributed by atoms with Crippen LogP contribution in [-0.4, -0.2) is 121 Å². The second-order valence-electron chi connectivity index (χ2n) is 12.2. The van der Waals surface area contributed by atoms with Gasteiger partial charge in [-0.15, -0.1) is 0 Å². The highest BCUT2D eigenvalue weighted by atomic mass is 35.5. The lowest BCUT2D eigenvalue weighted by Crippen LogP contribution is -2.47. The second-order valence-corrected chi connectivity index (χ2v) is 14.1. The first-order chi connectivity index (χ1) is 25.0. The topological polar surface area (TPSA) is 175 Å². The molecule has 3 saturated heterocycles. The lowest BCUT2D eigenvalue weighted by atomic mass is 10.0. The lowest BCUT2D eigenvalue weighted by molar-refractivity contribution is -0.136. The maximum atomic E-state index is 14.4. The van der Waals surface area contributed by atoms with Crippen molar-refractivity contribution in [2.75, 3.05) is 61.8 Å². The number of rotatable bonds is 12. The molecule has 5 heterocycles. The minimum absolute atomic E-state index is 0.0651. The molecule has 52 heavy (non-hydrogen) atoms. The minimum Gasteiger partial charge on any atom is -0.483 e. The van der Waals surface area contributed by atoms with E-state index in [0.29, 0.717) is 67.6 Å². The van der Waals surface area contributed by atoms with E-state index in [1.54, 1.807) is 6.07 Å². The Balaban J connectivity index is 0.00000168. The van der Waals surface area contributed by atoms with Gasteiger partial charge in [0.1, 0.15) is 6.04 Å². The number of amides is 2. The van der Waals surface area contributed by atoms with E-state index in [9.17, 15) is 31.4 Å². The fourth-order valence-corrected chi connectivity index (χ4v) is 7.93. The molecule has 2 aromatic heterocycles. The van der Waals surface area contributed by atoms with Gasteiger partial charge in [0.2, 0.25) is 11.9 Å². The molecule has 0 saturated carbocycles. The molecule has 284 valence electrons.